The summed E-state index contributed by atoms with van der Waals surface area (Å²) in [7, 11) is -2.51. The predicted molar refractivity (Wildman–Crippen MR) is 144 cm³/mol. The number of sulfonamides is 1. The smallest absolute Gasteiger partial charge is 0.248 e. The van der Waals surface area contributed by atoms with Crippen molar-refractivity contribution in [3.05, 3.63) is 41.5 Å². The van der Waals surface area contributed by atoms with Crippen LogP contribution in [0.4, 0.5) is 5.69 Å². The first-order chi connectivity index (χ1) is 19.4. The molecule has 41 heavy (non-hydrogen) atoms. The van der Waals surface area contributed by atoms with Gasteiger partial charge in [0.2, 0.25) is 21.8 Å². The molecule has 3 atom stereocenters. The second-order valence-corrected chi connectivity index (χ2v) is 12.2. The molecule has 0 spiro atoms. The summed E-state index contributed by atoms with van der Waals surface area (Å²) in [5.74, 6) is -0.364. The van der Waals surface area contributed by atoms with Crippen LogP contribution in [0.3, 0.4) is 0 Å². The highest BCUT2D eigenvalue weighted by Crippen LogP contribution is 2.30. The molecule has 2 aromatic heterocycles. The summed E-state index contributed by atoms with van der Waals surface area (Å²) in [6.07, 6.45) is 0.592. The minimum Gasteiger partial charge on any atom is -0.488 e. The Morgan fingerprint density at radius 3 is 2.71 bits per heavy atom. The largest absolute Gasteiger partial charge is 0.488 e. The Morgan fingerprint density at radius 2 is 2.07 bits per heavy atom. The van der Waals surface area contributed by atoms with Crippen molar-refractivity contribution in [2.45, 2.75) is 57.7 Å². The molecule has 0 saturated heterocycles. The second-order valence-electron chi connectivity index (χ2n) is 10.2. The number of nitrogens with one attached hydrogen (secondary N) is 1. The van der Waals surface area contributed by atoms with Gasteiger partial charge in [0.25, 0.3) is 0 Å². The molecule has 2 N–H and O–H groups in total. The number of fused-ring (bicyclic) bond motifs is 1. The molecule has 1 aliphatic rings. The quantitative estimate of drug-likeness (QED) is 0.351. The number of amides is 2. The van der Waals surface area contributed by atoms with Crippen molar-refractivity contribution in [2.75, 3.05) is 32.1 Å². The van der Waals surface area contributed by atoms with E-state index in [0.29, 0.717) is 17.0 Å². The van der Waals surface area contributed by atoms with E-state index in [2.05, 4.69) is 26.0 Å². The van der Waals surface area contributed by atoms with Gasteiger partial charge >= 0.3 is 0 Å². The lowest BCUT2D eigenvalue weighted by molar-refractivity contribution is -0.134. The maximum Gasteiger partial charge on any atom is 0.248 e. The summed E-state index contributed by atoms with van der Waals surface area (Å²) < 4.78 is 40.8. The van der Waals surface area contributed by atoms with Crippen LogP contribution in [0.15, 0.2) is 33.9 Å². The molecular formula is C25H34N8O7S. The van der Waals surface area contributed by atoms with E-state index in [0.717, 1.165) is 0 Å². The Balaban J connectivity index is 1.64. The second kappa shape index (κ2) is 12.3. The van der Waals surface area contributed by atoms with Crippen LogP contribution in [0.2, 0.25) is 0 Å². The summed E-state index contributed by atoms with van der Waals surface area (Å²) in [5.41, 5.74) is 1.19. The third-order valence-electron chi connectivity index (χ3n) is 6.97. The van der Waals surface area contributed by atoms with Crippen molar-refractivity contribution in [1.82, 2.24) is 34.6 Å². The number of anilines is 1. The van der Waals surface area contributed by atoms with Gasteiger partial charge in [-0.3, -0.25) is 9.59 Å². The standard InChI is InChI=1S/C25H34N8O7S/c1-15-10-33(16(2)13-34)24(36)9-19-8-20(27-23(35)12-32-14-26-29-30-32)6-7-21(19)39-22(15)11-31(5)41(37,38)25-17(3)28-40-18(25)4/h6-8,14-16,22,34H,9-13H2,1-5H3,(H,27,35)/t15-,16-,22+/m0/s1. The number of carbonyl (C=O) groups is 2. The SMILES string of the molecule is Cc1noc(C)c1S(=O)(=O)N(C)C[C@H]1Oc2ccc(NC(=O)Cn3cnnn3)cc2CC(=O)N([C@@H](C)CO)C[C@@H]1C. The van der Waals surface area contributed by atoms with Gasteiger partial charge in [-0.15, -0.1) is 5.10 Å². The first kappa shape index (κ1) is 30.1. The Labute approximate surface area is 237 Å². The van der Waals surface area contributed by atoms with Gasteiger partial charge in [-0.05, 0) is 49.4 Å². The van der Waals surface area contributed by atoms with Gasteiger partial charge in [-0.25, -0.2) is 13.1 Å². The number of benzene rings is 1. The van der Waals surface area contributed by atoms with Crippen LogP contribution in [0.5, 0.6) is 5.75 Å². The zero-order valence-electron chi connectivity index (χ0n) is 23.5. The Morgan fingerprint density at radius 1 is 1.32 bits per heavy atom. The first-order valence-electron chi connectivity index (χ1n) is 13.0. The first-order valence-corrected chi connectivity index (χ1v) is 14.4. The van der Waals surface area contributed by atoms with E-state index in [1.807, 2.05) is 6.92 Å². The van der Waals surface area contributed by atoms with E-state index in [4.69, 9.17) is 9.26 Å². The average molecular weight is 591 g/mol. The number of hydrogen-bond donors (Lipinski definition) is 2. The molecule has 0 fully saturated rings. The maximum absolute atomic E-state index is 13.4. The lowest BCUT2D eigenvalue weighted by Crippen LogP contribution is -2.48. The van der Waals surface area contributed by atoms with Crippen LogP contribution in [0.1, 0.15) is 30.9 Å². The minimum atomic E-state index is -3.96. The normalized spacial score (nSPS) is 18.7. The zero-order valence-corrected chi connectivity index (χ0v) is 24.3. The number of rotatable bonds is 9. The Bertz CT molecular complexity index is 1470. The molecule has 0 unspecified atom stereocenters. The zero-order chi connectivity index (χ0) is 29.9. The van der Waals surface area contributed by atoms with E-state index in [1.54, 1.807) is 36.9 Å². The number of tetrazole rings is 1. The highest BCUT2D eigenvalue weighted by atomic mass is 32.2. The number of aryl methyl sites for hydroxylation is 2. The highest BCUT2D eigenvalue weighted by molar-refractivity contribution is 7.89. The van der Waals surface area contributed by atoms with E-state index < -0.39 is 22.2 Å². The summed E-state index contributed by atoms with van der Waals surface area (Å²) in [6, 6.07) is 4.45. The molecule has 4 rings (SSSR count). The lowest BCUT2D eigenvalue weighted by atomic mass is 10.0. The molecule has 2 amide bonds. The van der Waals surface area contributed by atoms with E-state index in [1.165, 1.54) is 29.3 Å². The van der Waals surface area contributed by atoms with Crippen molar-refractivity contribution in [2.24, 2.45) is 5.92 Å². The minimum absolute atomic E-state index is 0.00360. The fourth-order valence-electron chi connectivity index (χ4n) is 4.68. The van der Waals surface area contributed by atoms with Crippen LogP contribution in [-0.2, 0) is 32.6 Å². The molecule has 1 aromatic carbocycles. The van der Waals surface area contributed by atoms with Crippen molar-refractivity contribution >= 4 is 27.5 Å². The van der Waals surface area contributed by atoms with Gasteiger partial charge in [0.05, 0.1) is 25.6 Å². The van der Waals surface area contributed by atoms with Crippen LogP contribution >= 0.6 is 0 Å². The molecule has 0 saturated carbocycles. The molecule has 0 aliphatic carbocycles. The lowest BCUT2D eigenvalue weighted by Gasteiger charge is -2.33. The fraction of sp³-hybridized carbons (Fsp3) is 0.520. The van der Waals surface area contributed by atoms with Crippen LogP contribution < -0.4 is 10.1 Å². The number of ether oxygens (including phenoxy) is 1. The highest BCUT2D eigenvalue weighted by Gasteiger charge is 2.35. The molecule has 3 heterocycles. The summed E-state index contributed by atoms with van der Waals surface area (Å²) >= 11 is 0. The number of carbonyl (C=O) groups excluding carboxylic acids is 2. The number of nitrogens with zero attached hydrogens (tertiary/aromatic N) is 7. The molecule has 1 aliphatic heterocycles. The van der Waals surface area contributed by atoms with Gasteiger partial charge in [0.1, 0.15) is 35.3 Å². The number of likely N-dealkylation sites (N-methyl/N-ethyl adjacent to an activating group) is 1. The van der Waals surface area contributed by atoms with Crippen LogP contribution in [0, 0.1) is 19.8 Å². The van der Waals surface area contributed by atoms with Gasteiger partial charge in [0.15, 0.2) is 5.76 Å². The number of aromatic nitrogens is 5. The van der Waals surface area contributed by atoms with Crippen molar-refractivity contribution < 1.29 is 32.4 Å². The summed E-state index contributed by atoms with van der Waals surface area (Å²) in [4.78, 5) is 27.5. The molecule has 222 valence electrons. The molecule has 16 heteroatoms. The van der Waals surface area contributed by atoms with E-state index >= 15 is 0 Å². The summed E-state index contributed by atoms with van der Waals surface area (Å²) in [5, 5.41) is 27.1. The Hall–Kier alpha value is -3.89. The van der Waals surface area contributed by atoms with E-state index in [9.17, 15) is 23.1 Å². The number of hydrogen-bond acceptors (Lipinski definition) is 11. The maximum atomic E-state index is 13.4. The van der Waals surface area contributed by atoms with Crippen molar-refractivity contribution in [3.63, 3.8) is 0 Å². The van der Waals surface area contributed by atoms with Gasteiger partial charge in [0, 0.05) is 30.8 Å². The monoisotopic (exact) mass is 590 g/mol. The van der Waals surface area contributed by atoms with Gasteiger partial charge in [-0.2, -0.15) is 4.31 Å². The number of aliphatic hydroxyl groups excluding tert-OH is 1. The van der Waals surface area contributed by atoms with Gasteiger partial charge in [-0.1, -0.05) is 12.1 Å². The van der Waals surface area contributed by atoms with Crippen LogP contribution in [-0.4, -0.2) is 98.8 Å². The fourth-order valence-corrected chi connectivity index (χ4v) is 6.14. The number of aliphatic hydroxyl groups is 1. The molecule has 0 bridgehead atoms. The van der Waals surface area contributed by atoms with Crippen LogP contribution in [0.25, 0.3) is 0 Å². The molecule has 0 radical (unpaired) electrons. The van der Waals surface area contributed by atoms with Crippen molar-refractivity contribution in [3.8, 4) is 5.75 Å². The Kier molecular flexibility index (Phi) is 9.04. The topological polar surface area (TPSA) is 186 Å². The average Bonchev–Trinajstić information content (AvgIpc) is 3.56. The van der Waals surface area contributed by atoms with Gasteiger partial charge < -0.3 is 24.6 Å². The molecule has 15 nitrogen and oxygen atoms in total. The molecule has 3 aromatic rings. The predicted octanol–water partition coefficient (Wildman–Crippen LogP) is 0.386. The third-order valence-corrected chi connectivity index (χ3v) is 9.04. The van der Waals surface area contributed by atoms with E-state index in [-0.39, 0.29) is 66.7 Å². The molecular weight excluding hydrogens is 556 g/mol. The third kappa shape index (κ3) is 6.71. The van der Waals surface area contributed by atoms with Crippen molar-refractivity contribution in [1.29, 1.82) is 0 Å². The summed E-state index contributed by atoms with van der Waals surface area (Å²) in [6.45, 7) is 6.55.